The van der Waals surface area contributed by atoms with E-state index in [9.17, 15) is 14.4 Å². The van der Waals surface area contributed by atoms with Gasteiger partial charge in [0.1, 0.15) is 17.0 Å². The molecule has 5 fully saturated rings. The fraction of sp³-hybridized carbons (Fsp3) is 0.562. The molecule has 2 heterocycles. The smallest absolute Gasteiger partial charge is 0.270 e. The minimum atomic E-state index is -1.06. The number of hydrogen-bond acceptors (Lipinski definition) is 6. The van der Waals surface area contributed by atoms with Gasteiger partial charge >= 0.3 is 0 Å². The summed E-state index contributed by atoms with van der Waals surface area (Å²) in [5.41, 5.74) is 0.918. The molecule has 7 rings (SSSR count). The summed E-state index contributed by atoms with van der Waals surface area (Å²) < 4.78 is 6.01. The second-order valence-electron chi connectivity index (χ2n) is 12.8. The lowest BCUT2D eigenvalue weighted by atomic mass is 9.49. The number of pyridine rings is 1. The van der Waals surface area contributed by atoms with E-state index in [0.29, 0.717) is 59.1 Å². The molecule has 0 spiro atoms. The highest BCUT2D eigenvalue weighted by atomic mass is 35.5. The van der Waals surface area contributed by atoms with Gasteiger partial charge in [0.2, 0.25) is 11.1 Å². The molecule has 2 amide bonds. The van der Waals surface area contributed by atoms with Crippen LogP contribution in [0.3, 0.4) is 0 Å². The summed E-state index contributed by atoms with van der Waals surface area (Å²) in [5, 5.41) is 3.12. The first-order chi connectivity index (χ1) is 20.2. The Morgan fingerprint density at radius 1 is 1.10 bits per heavy atom. The van der Waals surface area contributed by atoms with E-state index >= 15 is 0 Å². The molecule has 4 bridgehead atoms. The summed E-state index contributed by atoms with van der Waals surface area (Å²) in [7, 11) is 4.02. The number of benzene rings is 1. The molecule has 0 unspecified atom stereocenters. The van der Waals surface area contributed by atoms with Crippen LogP contribution in [0.15, 0.2) is 30.3 Å². The van der Waals surface area contributed by atoms with Crippen LogP contribution < -0.4 is 15.0 Å². The number of nitrogens with zero attached hydrogens (tertiary/aromatic N) is 3. The van der Waals surface area contributed by atoms with Crippen LogP contribution in [0.5, 0.6) is 5.75 Å². The highest BCUT2D eigenvalue weighted by molar-refractivity contribution is 6.66. The quantitative estimate of drug-likeness (QED) is 0.279. The summed E-state index contributed by atoms with van der Waals surface area (Å²) in [6.07, 6.45) is 6.95. The van der Waals surface area contributed by atoms with Crippen molar-refractivity contribution in [2.45, 2.75) is 56.9 Å². The Labute approximate surface area is 257 Å². The molecule has 10 heteroatoms. The van der Waals surface area contributed by atoms with Crippen molar-refractivity contribution in [3.63, 3.8) is 0 Å². The van der Waals surface area contributed by atoms with E-state index < -0.39 is 16.7 Å². The van der Waals surface area contributed by atoms with Gasteiger partial charge in [-0.15, -0.1) is 0 Å². The van der Waals surface area contributed by atoms with E-state index in [2.05, 4.69) is 10.2 Å². The predicted molar refractivity (Wildman–Crippen MR) is 163 cm³/mol. The molecule has 8 nitrogen and oxygen atoms in total. The molecule has 1 aliphatic heterocycles. The van der Waals surface area contributed by atoms with E-state index in [1.165, 1.54) is 6.42 Å². The maximum atomic E-state index is 13.9. The topological polar surface area (TPSA) is 91.8 Å². The van der Waals surface area contributed by atoms with Crippen molar-refractivity contribution in [2.24, 2.45) is 23.7 Å². The van der Waals surface area contributed by atoms with Crippen LogP contribution in [0.2, 0.25) is 5.02 Å². The van der Waals surface area contributed by atoms with Gasteiger partial charge in [0, 0.05) is 25.1 Å². The predicted octanol–water partition coefficient (Wildman–Crippen LogP) is 5.55. The average molecular weight is 614 g/mol. The third kappa shape index (κ3) is 5.42. The van der Waals surface area contributed by atoms with E-state index in [1.807, 2.05) is 26.2 Å². The third-order valence-electron chi connectivity index (χ3n) is 9.75. The van der Waals surface area contributed by atoms with Crippen molar-refractivity contribution in [1.29, 1.82) is 0 Å². The van der Waals surface area contributed by atoms with Gasteiger partial charge in [0.15, 0.2) is 0 Å². The lowest BCUT2D eigenvalue weighted by Crippen LogP contribution is -2.69. The van der Waals surface area contributed by atoms with Gasteiger partial charge in [-0.25, -0.2) is 4.98 Å². The summed E-state index contributed by atoms with van der Waals surface area (Å²) in [6.45, 7) is 1.95. The highest BCUT2D eigenvalue weighted by Gasteiger charge is 2.61. The number of rotatable bonds is 10. The summed E-state index contributed by atoms with van der Waals surface area (Å²) in [4.78, 5) is 48.3. The largest absolute Gasteiger partial charge is 0.492 e. The van der Waals surface area contributed by atoms with E-state index in [1.54, 1.807) is 23.1 Å². The summed E-state index contributed by atoms with van der Waals surface area (Å²) in [6, 6.07) is 8.80. The van der Waals surface area contributed by atoms with Gasteiger partial charge in [0.25, 0.3) is 5.91 Å². The number of anilines is 1. The van der Waals surface area contributed by atoms with Crippen LogP contribution in [-0.2, 0) is 9.59 Å². The number of nitrogens with one attached hydrogen (secondary N) is 1. The molecule has 1 N–H and O–H groups in total. The zero-order chi connectivity index (χ0) is 29.6. The number of carbonyl (C=O) groups excluding carboxylic acids is 3. The van der Waals surface area contributed by atoms with Crippen LogP contribution in [0.25, 0.3) is 11.3 Å². The molecular formula is C32H38Cl2N4O4. The molecule has 4 aliphatic carbocycles. The van der Waals surface area contributed by atoms with Gasteiger partial charge in [-0.1, -0.05) is 17.7 Å². The second kappa shape index (κ2) is 11.8. The fourth-order valence-electron chi connectivity index (χ4n) is 7.99. The van der Waals surface area contributed by atoms with Crippen LogP contribution in [0.1, 0.15) is 61.9 Å². The molecular weight excluding hydrogens is 575 g/mol. The SMILES string of the molecule is CN(C)CCCOc1cc(-c2nc(C(=O)NC3(C(=O)Cl)C4CC5CC(C4)CC3C5)ccc2N2CCCC2=O)ccc1Cl. The van der Waals surface area contributed by atoms with Crippen molar-refractivity contribution in [2.75, 3.05) is 38.7 Å². The number of carbonyl (C=O) groups is 3. The number of hydrogen-bond donors (Lipinski definition) is 1. The van der Waals surface area contributed by atoms with Crippen LogP contribution >= 0.6 is 23.2 Å². The fourth-order valence-corrected chi connectivity index (χ4v) is 8.52. The Bertz CT molecular complexity index is 1370. The van der Waals surface area contributed by atoms with Crippen molar-refractivity contribution >= 4 is 45.9 Å². The molecule has 4 saturated carbocycles. The molecule has 1 aromatic heterocycles. The molecule has 0 radical (unpaired) electrons. The van der Waals surface area contributed by atoms with Crippen molar-refractivity contribution < 1.29 is 19.1 Å². The second-order valence-corrected chi connectivity index (χ2v) is 13.5. The van der Waals surface area contributed by atoms with Crippen LogP contribution in [0, 0.1) is 23.7 Å². The van der Waals surface area contributed by atoms with E-state index in [4.69, 9.17) is 32.9 Å². The Kier molecular flexibility index (Phi) is 8.24. The van der Waals surface area contributed by atoms with E-state index in [-0.39, 0.29) is 23.4 Å². The first-order valence-electron chi connectivity index (χ1n) is 15.1. The van der Waals surface area contributed by atoms with Gasteiger partial charge < -0.3 is 19.9 Å². The number of ether oxygens (including phenoxy) is 1. The lowest BCUT2D eigenvalue weighted by Gasteiger charge is -2.59. The van der Waals surface area contributed by atoms with Gasteiger partial charge in [-0.2, -0.15) is 0 Å². The Balaban J connectivity index is 1.33. The van der Waals surface area contributed by atoms with E-state index in [0.717, 1.165) is 45.1 Å². The minimum Gasteiger partial charge on any atom is -0.492 e. The van der Waals surface area contributed by atoms with Gasteiger partial charge in [-0.05, 0) is 119 Å². The molecule has 1 aromatic carbocycles. The van der Waals surface area contributed by atoms with Crippen molar-refractivity contribution in [3.8, 4) is 17.0 Å². The Morgan fingerprint density at radius 3 is 2.43 bits per heavy atom. The monoisotopic (exact) mass is 612 g/mol. The first kappa shape index (κ1) is 29.4. The Morgan fingerprint density at radius 2 is 1.81 bits per heavy atom. The standard InChI is InChI=1S/C32H38Cl2N4O4/c1-37(2)10-4-12-42-27-18-21(6-7-24(27)33)29-26(38-11-3-5-28(38)39)9-8-25(35-29)30(40)36-32(31(34)41)22-14-19-13-20(16-22)17-23(32)15-19/h6-9,18-20,22-23H,3-5,10-17H2,1-2H3,(H,36,40). The highest BCUT2D eigenvalue weighted by Crippen LogP contribution is 2.59. The summed E-state index contributed by atoms with van der Waals surface area (Å²) in [5.74, 6) is 1.43. The zero-order valence-electron chi connectivity index (χ0n) is 24.2. The average Bonchev–Trinajstić information content (AvgIpc) is 3.38. The molecule has 5 aliphatic rings. The molecule has 42 heavy (non-hydrogen) atoms. The number of halogens is 2. The lowest BCUT2D eigenvalue weighted by molar-refractivity contribution is -0.135. The molecule has 224 valence electrons. The number of aromatic nitrogens is 1. The zero-order valence-corrected chi connectivity index (χ0v) is 25.7. The third-order valence-corrected chi connectivity index (χ3v) is 10.4. The Hall–Kier alpha value is -2.68. The van der Waals surface area contributed by atoms with Gasteiger partial charge in [-0.3, -0.25) is 14.4 Å². The summed E-state index contributed by atoms with van der Waals surface area (Å²) >= 11 is 12.8. The molecule has 0 atom stereocenters. The molecule has 1 saturated heterocycles. The van der Waals surface area contributed by atoms with Crippen molar-refractivity contribution in [3.05, 3.63) is 41.0 Å². The normalized spacial score (nSPS) is 28.0. The maximum Gasteiger partial charge on any atom is 0.270 e. The first-order valence-corrected chi connectivity index (χ1v) is 15.8. The van der Waals surface area contributed by atoms with Crippen LogP contribution in [-0.4, -0.2) is 66.3 Å². The van der Waals surface area contributed by atoms with Crippen molar-refractivity contribution in [1.82, 2.24) is 15.2 Å². The number of amides is 2. The van der Waals surface area contributed by atoms with Gasteiger partial charge in [0.05, 0.1) is 23.0 Å². The van der Waals surface area contributed by atoms with Crippen LogP contribution in [0.4, 0.5) is 5.69 Å². The molecule has 2 aromatic rings. The minimum absolute atomic E-state index is 0.0182. The maximum absolute atomic E-state index is 13.9.